The third-order valence-electron chi connectivity index (χ3n) is 2.01. The number of rotatable bonds is 7. The molecule has 0 aromatic heterocycles. The van der Waals surface area contributed by atoms with Gasteiger partial charge in [0.05, 0.1) is 0 Å². The zero-order valence-corrected chi connectivity index (χ0v) is 16.6. The Morgan fingerprint density at radius 3 is 1.72 bits per heavy atom. The average Bonchev–Trinajstić information content (AvgIpc) is 2.12. The lowest BCUT2D eigenvalue weighted by Crippen LogP contribution is -2.52. The van der Waals surface area contributed by atoms with E-state index in [1.807, 2.05) is 6.92 Å². The van der Waals surface area contributed by atoms with E-state index in [-0.39, 0.29) is 0 Å². The van der Waals surface area contributed by atoms with E-state index in [2.05, 4.69) is 45.2 Å². The van der Waals surface area contributed by atoms with Gasteiger partial charge in [0, 0.05) is 0 Å². The average molecular weight is 325 g/mol. The first kappa shape index (κ1) is 18.4. The molecule has 0 N–H and O–H groups in total. The van der Waals surface area contributed by atoms with Crippen molar-refractivity contribution in [2.24, 2.45) is 0 Å². The summed E-state index contributed by atoms with van der Waals surface area (Å²) in [5.41, 5.74) is -0.894. The highest BCUT2D eigenvalue weighted by Crippen LogP contribution is 2.25. The third-order valence-corrected chi connectivity index (χ3v) is 4.89. The Labute approximate surface area is 120 Å². The van der Waals surface area contributed by atoms with E-state index in [9.17, 15) is 0 Å². The van der Waals surface area contributed by atoms with E-state index in [1.54, 1.807) is 0 Å². The molecule has 3 nitrogen and oxygen atoms in total. The van der Waals surface area contributed by atoms with Crippen molar-refractivity contribution in [2.75, 3.05) is 0 Å². The Balaban J connectivity index is 5.13. The Bertz CT molecular complexity index is 290. The van der Waals surface area contributed by atoms with Crippen LogP contribution in [-0.2, 0) is 13.3 Å². The normalized spacial score (nSPS) is 17.1. The highest BCUT2D eigenvalue weighted by atomic mass is 35.6. The molecule has 0 aliphatic heterocycles. The first-order chi connectivity index (χ1) is 7.93. The van der Waals surface area contributed by atoms with E-state index in [0.29, 0.717) is 0 Å². The molecule has 0 spiro atoms. The second-order valence-corrected chi connectivity index (χ2v) is 16.4. The smallest absolute Gasteiger partial charge is 0.260 e. The molecule has 0 heterocycles. The maximum atomic E-state index is 6.07. The fraction of sp³-hybridized carbons (Fsp3) is 0.818. The topological polar surface area (TPSA) is 27.7 Å². The summed E-state index contributed by atoms with van der Waals surface area (Å²) in [6.07, 6.45) is 5.06. The summed E-state index contributed by atoms with van der Waals surface area (Å²) in [4.78, 5) is 0. The molecule has 0 saturated heterocycles. The highest BCUT2D eigenvalue weighted by Gasteiger charge is 2.40. The monoisotopic (exact) mass is 324 g/mol. The molecular formula is C11H25ClO3Si3. The van der Waals surface area contributed by atoms with Crippen LogP contribution in [0, 0.1) is 12.3 Å². The maximum absolute atomic E-state index is 6.07. The van der Waals surface area contributed by atoms with Crippen LogP contribution in [0.15, 0.2) is 0 Å². The molecule has 0 unspecified atom stereocenters. The van der Waals surface area contributed by atoms with Crippen LogP contribution in [0.2, 0.25) is 39.3 Å². The van der Waals surface area contributed by atoms with Crippen LogP contribution in [0.1, 0.15) is 6.92 Å². The van der Waals surface area contributed by atoms with Crippen molar-refractivity contribution in [1.29, 1.82) is 0 Å². The summed E-state index contributed by atoms with van der Waals surface area (Å²) in [6.45, 7) is 14.4. The van der Waals surface area contributed by atoms with Gasteiger partial charge >= 0.3 is 0 Å². The molecule has 18 heavy (non-hydrogen) atoms. The minimum atomic E-state index is -1.78. The van der Waals surface area contributed by atoms with Gasteiger partial charge in [0.1, 0.15) is 0 Å². The minimum absolute atomic E-state index is 0.535. The van der Waals surface area contributed by atoms with Crippen molar-refractivity contribution in [3.63, 3.8) is 0 Å². The van der Waals surface area contributed by atoms with Crippen LogP contribution in [0.4, 0.5) is 0 Å². The standard InChI is InChI=1S/C11H25ClO3Si3/c1-9-11(2,15-16-12)10(13-17(3,4)5)14-18(6,7)8/h1,10H,16H2,2-8H3/t11-/m0/s1. The number of terminal acetylenes is 1. The van der Waals surface area contributed by atoms with Crippen molar-refractivity contribution in [3.05, 3.63) is 0 Å². The van der Waals surface area contributed by atoms with Crippen LogP contribution in [0.5, 0.6) is 0 Å². The van der Waals surface area contributed by atoms with E-state index in [1.165, 1.54) is 0 Å². The first-order valence-electron chi connectivity index (χ1n) is 5.97. The summed E-state index contributed by atoms with van der Waals surface area (Å²) in [5, 5.41) is 0. The predicted molar refractivity (Wildman–Crippen MR) is 85.4 cm³/mol. The van der Waals surface area contributed by atoms with Gasteiger partial charge in [0.2, 0.25) is 0 Å². The van der Waals surface area contributed by atoms with E-state index in [4.69, 9.17) is 30.8 Å². The van der Waals surface area contributed by atoms with E-state index >= 15 is 0 Å². The van der Waals surface area contributed by atoms with Gasteiger partial charge in [-0.2, -0.15) is 0 Å². The molecule has 1 atom stereocenters. The van der Waals surface area contributed by atoms with Crippen LogP contribution >= 0.6 is 11.1 Å². The summed E-state index contributed by atoms with van der Waals surface area (Å²) in [5.74, 6) is 2.65. The zero-order valence-electron chi connectivity index (χ0n) is 12.5. The molecule has 7 heteroatoms. The summed E-state index contributed by atoms with van der Waals surface area (Å²) >= 11 is 5.78. The predicted octanol–water partition coefficient (Wildman–Crippen LogP) is 2.66. The number of hydrogen-bond donors (Lipinski definition) is 0. The zero-order chi connectivity index (χ0) is 14.6. The number of hydrogen-bond acceptors (Lipinski definition) is 3. The van der Waals surface area contributed by atoms with Gasteiger partial charge in [-0.1, -0.05) is 5.92 Å². The van der Waals surface area contributed by atoms with Crippen molar-refractivity contribution >= 4 is 36.8 Å². The molecule has 0 saturated carbocycles. The van der Waals surface area contributed by atoms with Crippen LogP contribution in [-0.4, -0.2) is 37.6 Å². The van der Waals surface area contributed by atoms with Crippen molar-refractivity contribution in [3.8, 4) is 12.3 Å². The number of halogens is 1. The Morgan fingerprint density at radius 1 is 1.11 bits per heavy atom. The summed E-state index contributed by atoms with van der Waals surface area (Å²) < 4.78 is 17.7. The largest absolute Gasteiger partial charge is 0.391 e. The second-order valence-electron chi connectivity index (χ2n) is 6.30. The third kappa shape index (κ3) is 7.09. The van der Waals surface area contributed by atoms with Gasteiger partial charge in [-0.15, -0.1) is 17.5 Å². The molecule has 0 aromatic rings. The highest BCUT2D eigenvalue weighted by molar-refractivity contribution is 6.90. The summed E-state index contributed by atoms with van der Waals surface area (Å²) in [7, 11) is -4.71. The fourth-order valence-electron chi connectivity index (χ4n) is 1.18. The Kier molecular flexibility index (Phi) is 6.84. The van der Waals surface area contributed by atoms with Crippen molar-refractivity contribution in [2.45, 2.75) is 58.1 Å². The van der Waals surface area contributed by atoms with E-state index < -0.39 is 37.6 Å². The van der Waals surface area contributed by atoms with Crippen molar-refractivity contribution < 1.29 is 13.3 Å². The van der Waals surface area contributed by atoms with Gasteiger partial charge in [-0.05, 0) is 46.2 Å². The molecule has 0 aromatic carbocycles. The molecule has 0 rings (SSSR count). The van der Waals surface area contributed by atoms with Crippen LogP contribution in [0.3, 0.4) is 0 Å². The second kappa shape index (κ2) is 6.70. The van der Waals surface area contributed by atoms with Gasteiger partial charge in [-0.3, -0.25) is 0 Å². The molecule has 0 amide bonds. The lowest BCUT2D eigenvalue weighted by atomic mass is 10.1. The van der Waals surface area contributed by atoms with Gasteiger partial charge in [0.25, 0.3) is 9.07 Å². The molecule has 106 valence electrons. The molecule has 0 aliphatic carbocycles. The van der Waals surface area contributed by atoms with Gasteiger partial charge in [0.15, 0.2) is 28.5 Å². The van der Waals surface area contributed by atoms with E-state index in [0.717, 1.165) is 0 Å². The maximum Gasteiger partial charge on any atom is 0.260 e. The minimum Gasteiger partial charge on any atom is -0.391 e. The summed E-state index contributed by atoms with van der Waals surface area (Å²) in [6, 6.07) is 0. The van der Waals surface area contributed by atoms with Gasteiger partial charge in [-0.25, -0.2) is 0 Å². The SMILES string of the molecule is C#C[C@](C)(O[SiH2]Cl)C(O[Si](C)(C)C)O[Si](C)(C)C. The lowest BCUT2D eigenvalue weighted by Gasteiger charge is -2.39. The van der Waals surface area contributed by atoms with Crippen molar-refractivity contribution in [1.82, 2.24) is 0 Å². The Hall–Kier alpha value is 0.381. The first-order valence-corrected chi connectivity index (χ1v) is 15.5. The quantitative estimate of drug-likeness (QED) is 0.312. The molecule has 0 fully saturated rings. The van der Waals surface area contributed by atoms with Crippen LogP contribution in [0.25, 0.3) is 0 Å². The fourth-order valence-corrected chi connectivity index (χ4v) is 4.23. The molecule has 0 aliphatic rings. The van der Waals surface area contributed by atoms with Crippen LogP contribution < -0.4 is 0 Å². The Morgan fingerprint density at radius 2 is 1.50 bits per heavy atom. The molecule has 0 radical (unpaired) electrons. The van der Waals surface area contributed by atoms with Gasteiger partial charge < -0.3 is 13.3 Å². The lowest BCUT2D eigenvalue weighted by molar-refractivity contribution is -0.110. The molecule has 0 bridgehead atoms. The molecular weight excluding hydrogens is 300 g/mol.